The number of guanidine groups is 1. The molecule has 2 aromatic rings. The van der Waals surface area contributed by atoms with Gasteiger partial charge in [0.25, 0.3) is 0 Å². The van der Waals surface area contributed by atoms with Crippen molar-refractivity contribution in [1.82, 2.24) is 10.6 Å². The zero-order valence-electron chi connectivity index (χ0n) is 14.9. The fourth-order valence-electron chi connectivity index (χ4n) is 2.55. The Morgan fingerprint density at radius 3 is 2.63 bits per heavy atom. The van der Waals surface area contributed by atoms with Gasteiger partial charge in [0.1, 0.15) is 5.82 Å². The molecule has 3 rings (SSSR count). The van der Waals surface area contributed by atoms with Crippen LogP contribution in [0.2, 0.25) is 0 Å². The number of fused-ring (bicyclic) bond motifs is 1. The fourth-order valence-corrected chi connectivity index (χ4v) is 2.55. The van der Waals surface area contributed by atoms with Crippen LogP contribution in [-0.2, 0) is 6.54 Å². The topological polar surface area (TPSA) is 75.1 Å². The van der Waals surface area contributed by atoms with E-state index in [9.17, 15) is 9.50 Å². The van der Waals surface area contributed by atoms with Crippen LogP contribution < -0.4 is 20.1 Å². The van der Waals surface area contributed by atoms with Gasteiger partial charge >= 0.3 is 0 Å². The van der Waals surface area contributed by atoms with Gasteiger partial charge in [0, 0.05) is 13.1 Å². The Labute approximate surface area is 174 Å². The van der Waals surface area contributed by atoms with Crippen molar-refractivity contribution in [1.29, 1.82) is 0 Å². The minimum Gasteiger partial charge on any atom is -0.454 e. The van der Waals surface area contributed by atoms with Gasteiger partial charge in [-0.1, -0.05) is 18.2 Å². The molecule has 0 aromatic heterocycles. The van der Waals surface area contributed by atoms with Crippen LogP contribution in [0.4, 0.5) is 4.39 Å². The van der Waals surface area contributed by atoms with Crippen LogP contribution in [0.25, 0.3) is 0 Å². The molecule has 1 aliphatic heterocycles. The van der Waals surface area contributed by atoms with E-state index in [0.29, 0.717) is 24.6 Å². The molecule has 3 N–H and O–H groups in total. The molecule has 0 saturated carbocycles. The number of aliphatic hydroxyl groups is 1. The van der Waals surface area contributed by atoms with Gasteiger partial charge in [-0.15, -0.1) is 24.0 Å². The first kappa shape index (κ1) is 21.2. The largest absolute Gasteiger partial charge is 0.454 e. The van der Waals surface area contributed by atoms with Gasteiger partial charge in [-0.3, -0.25) is 0 Å². The summed E-state index contributed by atoms with van der Waals surface area (Å²) >= 11 is 0. The second-order valence-electron chi connectivity index (χ2n) is 5.83. The highest BCUT2D eigenvalue weighted by atomic mass is 127. The summed E-state index contributed by atoms with van der Waals surface area (Å²) < 4.78 is 23.6. The zero-order valence-corrected chi connectivity index (χ0v) is 17.3. The van der Waals surface area contributed by atoms with E-state index >= 15 is 0 Å². The zero-order chi connectivity index (χ0) is 18.4. The molecule has 27 heavy (non-hydrogen) atoms. The van der Waals surface area contributed by atoms with Crippen molar-refractivity contribution in [2.24, 2.45) is 4.99 Å². The lowest BCUT2D eigenvalue weighted by Gasteiger charge is -2.15. The molecule has 146 valence electrons. The predicted molar refractivity (Wildman–Crippen MR) is 112 cm³/mol. The van der Waals surface area contributed by atoms with Gasteiger partial charge in [0.15, 0.2) is 17.5 Å². The molecular weight excluding hydrogens is 464 g/mol. The number of hydrogen-bond donors (Lipinski definition) is 3. The van der Waals surface area contributed by atoms with Crippen LogP contribution in [0.1, 0.15) is 24.2 Å². The molecule has 2 aromatic carbocycles. The number of halogens is 2. The van der Waals surface area contributed by atoms with Gasteiger partial charge in [-0.25, -0.2) is 9.38 Å². The molecule has 0 fully saturated rings. The Balaban J connectivity index is 0.00000261. The summed E-state index contributed by atoms with van der Waals surface area (Å²) in [7, 11) is 0. The lowest BCUT2D eigenvalue weighted by Crippen LogP contribution is -2.39. The molecule has 8 heteroatoms. The lowest BCUT2D eigenvalue weighted by atomic mass is 10.1. The highest BCUT2D eigenvalue weighted by Gasteiger charge is 2.13. The molecule has 1 aliphatic rings. The first-order valence-corrected chi connectivity index (χ1v) is 8.50. The quantitative estimate of drug-likeness (QED) is 0.332. The van der Waals surface area contributed by atoms with Crippen LogP contribution in [0.3, 0.4) is 0 Å². The van der Waals surface area contributed by atoms with Crippen molar-refractivity contribution < 1.29 is 19.0 Å². The number of nitrogens with one attached hydrogen (secondary N) is 2. The van der Waals surface area contributed by atoms with E-state index in [-0.39, 0.29) is 43.1 Å². The van der Waals surface area contributed by atoms with Crippen molar-refractivity contribution in [3.05, 3.63) is 59.4 Å². The van der Waals surface area contributed by atoms with Gasteiger partial charge in [0.2, 0.25) is 6.79 Å². The summed E-state index contributed by atoms with van der Waals surface area (Å²) in [4.78, 5) is 4.52. The number of aliphatic imine (C=N–C) groups is 1. The Morgan fingerprint density at radius 2 is 1.89 bits per heavy atom. The third-order valence-electron chi connectivity index (χ3n) is 3.92. The molecule has 0 bridgehead atoms. The molecule has 0 saturated heterocycles. The molecule has 1 heterocycles. The van der Waals surface area contributed by atoms with E-state index < -0.39 is 6.10 Å². The standard InChI is InChI=1S/C19H22FN3O3.HI/c1-2-21-19(23-11-16(24)14-4-6-15(20)7-5-14)22-10-13-3-8-17-18(9-13)26-12-25-17;/h3-9,16,24H,2,10-12H2,1H3,(H2,21,22,23);1H. The van der Waals surface area contributed by atoms with E-state index in [2.05, 4.69) is 15.6 Å². The summed E-state index contributed by atoms with van der Waals surface area (Å²) in [5, 5.41) is 16.4. The van der Waals surface area contributed by atoms with Crippen LogP contribution in [0.5, 0.6) is 11.5 Å². The van der Waals surface area contributed by atoms with Crippen molar-refractivity contribution >= 4 is 29.9 Å². The average Bonchev–Trinajstić information content (AvgIpc) is 3.12. The lowest BCUT2D eigenvalue weighted by molar-refractivity contribution is 0.174. The number of rotatable bonds is 6. The maximum Gasteiger partial charge on any atom is 0.231 e. The van der Waals surface area contributed by atoms with Crippen LogP contribution in [0, 0.1) is 5.82 Å². The van der Waals surface area contributed by atoms with Crippen molar-refractivity contribution in [2.75, 3.05) is 19.9 Å². The predicted octanol–water partition coefficient (Wildman–Crippen LogP) is 2.96. The molecule has 0 amide bonds. The van der Waals surface area contributed by atoms with E-state index in [0.717, 1.165) is 17.1 Å². The van der Waals surface area contributed by atoms with Crippen molar-refractivity contribution in [3.8, 4) is 11.5 Å². The van der Waals surface area contributed by atoms with E-state index in [1.807, 2.05) is 25.1 Å². The third-order valence-corrected chi connectivity index (χ3v) is 3.92. The summed E-state index contributed by atoms with van der Waals surface area (Å²) in [6.07, 6.45) is -0.759. The Hall–Kier alpha value is -2.07. The van der Waals surface area contributed by atoms with Gasteiger partial charge < -0.3 is 25.2 Å². The second kappa shape index (κ2) is 10.3. The SMILES string of the molecule is CCNC(=NCc1ccc2c(c1)OCO2)NCC(O)c1ccc(F)cc1.I. The normalized spacial score (nSPS) is 13.7. The second-order valence-corrected chi connectivity index (χ2v) is 5.83. The maximum atomic E-state index is 13.0. The van der Waals surface area contributed by atoms with E-state index in [4.69, 9.17) is 9.47 Å². The molecular formula is C19H23FIN3O3. The summed E-state index contributed by atoms with van der Waals surface area (Å²) in [6, 6.07) is 11.5. The highest BCUT2D eigenvalue weighted by Crippen LogP contribution is 2.32. The van der Waals surface area contributed by atoms with Crippen LogP contribution in [0.15, 0.2) is 47.5 Å². The highest BCUT2D eigenvalue weighted by molar-refractivity contribution is 14.0. The first-order chi connectivity index (χ1) is 12.7. The summed E-state index contributed by atoms with van der Waals surface area (Å²) in [6.45, 7) is 3.62. The number of benzene rings is 2. The summed E-state index contributed by atoms with van der Waals surface area (Å²) in [5.74, 6) is 1.73. The monoisotopic (exact) mass is 487 g/mol. The Bertz CT molecular complexity index is 771. The van der Waals surface area contributed by atoms with Crippen molar-refractivity contribution in [3.63, 3.8) is 0 Å². The fraction of sp³-hybridized carbons (Fsp3) is 0.316. The number of aliphatic hydroxyl groups excluding tert-OH is 1. The number of ether oxygens (including phenoxy) is 2. The molecule has 1 atom stereocenters. The summed E-state index contributed by atoms with van der Waals surface area (Å²) in [5.41, 5.74) is 1.64. The van der Waals surface area contributed by atoms with Gasteiger partial charge in [-0.05, 0) is 42.3 Å². The van der Waals surface area contributed by atoms with Gasteiger partial charge in [0.05, 0.1) is 12.6 Å². The Morgan fingerprint density at radius 1 is 1.15 bits per heavy atom. The average molecular weight is 487 g/mol. The molecule has 1 unspecified atom stereocenters. The Kier molecular flexibility index (Phi) is 8.11. The van der Waals surface area contributed by atoms with E-state index in [1.54, 1.807) is 12.1 Å². The maximum absolute atomic E-state index is 13.0. The first-order valence-electron chi connectivity index (χ1n) is 8.50. The third kappa shape index (κ3) is 5.96. The molecule has 0 spiro atoms. The van der Waals surface area contributed by atoms with Gasteiger partial charge in [-0.2, -0.15) is 0 Å². The van der Waals surface area contributed by atoms with Crippen LogP contribution >= 0.6 is 24.0 Å². The molecule has 0 aliphatic carbocycles. The smallest absolute Gasteiger partial charge is 0.231 e. The van der Waals surface area contributed by atoms with E-state index in [1.165, 1.54) is 12.1 Å². The van der Waals surface area contributed by atoms with Crippen molar-refractivity contribution in [2.45, 2.75) is 19.6 Å². The number of nitrogens with zero attached hydrogens (tertiary/aromatic N) is 1. The minimum absolute atomic E-state index is 0. The van der Waals surface area contributed by atoms with Crippen LogP contribution in [-0.4, -0.2) is 30.9 Å². The molecule has 0 radical (unpaired) electrons. The minimum atomic E-state index is -0.759. The number of hydrogen-bond acceptors (Lipinski definition) is 4. The molecule has 6 nitrogen and oxygen atoms in total.